The van der Waals surface area contributed by atoms with Gasteiger partial charge < -0.3 is 19.9 Å². The molecule has 50 heavy (non-hydrogen) atoms. The number of aliphatic hydroxyl groups excluding tert-OH is 1. The maximum absolute atomic E-state index is 13.8. The van der Waals surface area contributed by atoms with E-state index in [9.17, 15) is 18.3 Å². The quantitative estimate of drug-likeness (QED) is 0.224. The predicted octanol–water partition coefficient (Wildman–Crippen LogP) is 6.39. The van der Waals surface area contributed by atoms with Crippen molar-refractivity contribution in [2.75, 3.05) is 6.54 Å². The number of hydrogen-bond donors (Lipinski definition) is 3. The van der Waals surface area contributed by atoms with E-state index in [1.807, 2.05) is 69.3 Å². The molecule has 0 radical (unpaired) electrons. The van der Waals surface area contributed by atoms with Crippen LogP contribution in [0.15, 0.2) is 83.8 Å². The van der Waals surface area contributed by atoms with Gasteiger partial charge in [0.25, 0.3) is 0 Å². The summed E-state index contributed by atoms with van der Waals surface area (Å²) in [5.74, 6) is 0.655. The molecule has 9 nitrogen and oxygen atoms in total. The maximum atomic E-state index is 13.8. The van der Waals surface area contributed by atoms with Crippen LogP contribution in [-0.4, -0.2) is 54.6 Å². The minimum atomic E-state index is -3.64. The number of amides is 1. The van der Waals surface area contributed by atoms with Crippen molar-refractivity contribution < 1.29 is 27.8 Å². The molecule has 2 saturated heterocycles. The fraction of sp³-hybridized carbons (Fsp3) is 0.525. The summed E-state index contributed by atoms with van der Waals surface area (Å²) in [4.78, 5) is 16.5. The van der Waals surface area contributed by atoms with Gasteiger partial charge in [-0.15, -0.1) is 0 Å². The highest BCUT2D eigenvalue weighted by Crippen LogP contribution is 2.44. The molecule has 0 bridgehead atoms. The molecule has 1 saturated carbocycles. The summed E-state index contributed by atoms with van der Waals surface area (Å²) in [6.45, 7) is 9.01. The van der Waals surface area contributed by atoms with Gasteiger partial charge in [0, 0.05) is 36.2 Å². The summed E-state index contributed by atoms with van der Waals surface area (Å²) in [7, 11) is -3.64. The number of piperidine rings is 1. The lowest BCUT2D eigenvalue weighted by Gasteiger charge is -2.51. The smallest absolute Gasteiger partial charge is 0.240 e. The van der Waals surface area contributed by atoms with Crippen molar-refractivity contribution in [3.63, 3.8) is 0 Å². The molecular formula is C40H53N3O6S. The Hall–Kier alpha value is -3.12. The van der Waals surface area contributed by atoms with Gasteiger partial charge in [0.1, 0.15) is 0 Å². The maximum Gasteiger partial charge on any atom is 0.240 e. The zero-order valence-electron chi connectivity index (χ0n) is 29.8. The van der Waals surface area contributed by atoms with Crippen LogP contribution in [-0.2, 0) is 37.4 Å². The average molecular weight is 704 g/mol. The summed E-state index contributed by atoms with van der Waals surface area (Å²) in [6, 6.07) is 24.0. The third-order valence-electron chi connectivity index (χ3n) is 10.6. The van der Waals surface area contributed by atoms with Crippen molar-refractivity contribution in [2.24, 2.45) is 11.8 Å². The fourth-order valence-corrected chi connectivity index (χ4v) is 8.96. The van der Waals surface area contributed by atoms with E-state index in [-0.39, 0.29) is 53.7 Å². The van der Waals surface area contributed by atoms with Crippen molar-refractivity contribution in [1.29, 1.82) is 0 Å². The third kappa shape index (κ3) is 8.66. The van der Waals surface area contributed by atoms with Crippen LogP contribution in [0.5, 0.6) is 0 Å². The molecule has 1 amide bonds. The van der Waals surface area contributed by atoms with E-state index in [0.717, 1.165) is 41.5 Å². The van der Waals surface area contributed by atoms with Gasteiger partial charge in [-0.25, -0.2) is 13.1 Å². The van der Waals surface area contributed by atoms with Crippen LogP contribution in [0.1, 0.15) is 101 Å². The Morgan fingerprint density at radius 1 is 0.860 bits per heavy atom. The molecule has 3 aromatic rings. The van der Waals surface area contributed by atoms with E-state index in [1.165, 1.54) is 19.3 Å². The lowest BCUT2D eigenvalue weighted by molar-refractivity contribution is -0.278. The summed E-state index contributed by atoms with van der Waals surface area (Å²) >= 11 is 0. The van der Waals surface area contributed by atoms with E-state index in [4.69, 9.17) is 9.47 Å². The van der Waals surface area contributed by atoms with Gasteiger partial charge in [-0.05, 0) is 81.2 Å². The zero-order chi connectivity index (χ0) is 35.5. The molecular weight excluding hydrogens is 651 g/mol. The Bertz CT molecular complexity index is 1680. The number of nitrogens with one attached hydrogen (secondary N) is 2. The highest BCUT2D eigenvalue weighted by Gasteiger charge is 2.46. The summed E-state index contributed by atoms with van der Waals surface area (Å²) in [5, 5.41) is 12.9. The lowest BCUT2D eigenvalue weighted by Crippen LogP contribution is -2.61. The Kier molecular flexibility index (Phi) is 11.5. The van der Waals surface area contributed by atoms with Crippen LogP contribution in [0, 0.1) is 11.8 Å². The van der Waals surface area contributed by atoms with Gasteiger partial charge in [0.05, 0.1) is 29.8 Å². The first-order valence-corrected chi connectivity index (χ1v) is 19.6. The average Bonchev–Trinajstić information content (AvgIpc) is 3.11. The number of fused-ring (bicyclic) bond motifs is 1. The van der Waals surface area contributed by atoms with E-state index in [0.29, 0.717) is 18.5 Å². The molecule has 3 N–H and O–H groups in total. The molecule has 0 unspecified atom stereocenters. The number of carbonyl (C=O) groups is 1. The molecule has 6 rings (SSSR count). The number of ether oxygens (including phenoxy) is 2. The minimum absolute atomic E-state index is 0.0202. The first-order valence-electron chi connectivity index (χ1n) is 18.1. The summed E-state index contributed by atoms with van der Waals surface area (Å²) < 4.78 is 41.9. The van der Waals surface area contributed by atoms with E-state index >= 15 is 0 Å². The Morgan fingerprint density at radius 2 is 1.52 bits per heavy atom. The zero-order valence-corrected chi connectivity index (χ0v) is 30.6. The van der Waals surface area contributed by atoms with Gasteiger partial charge in [-0.3, -0.25) is 9.69 Å². The predicted molar refractivity (Wildman–Crippen MR) is 193 cm³/mol. The van der Waals surface area contributed by atoms with Gasteiger partial charge in [-0.1, -0.05) is 86.5 Å². The molecule has 2 aliphatic heterocycles. The normalized spacial score (nSPS) is 27.7. The van der Waals surface area contributed by atoms with Crippen molar-refractivity contribution >= 4 is 15.9 Å². The molecule has 270 valence electrons. The lowest BCUT2D eigenvalue weighted by atomic mass is 9.75. The van der Waals surface area contributed by atoms with Crippen molar-refractivity contribution in [3.05, 3.63) is 101 Å². The highest BCUT2D eigenvalue weighted by molar-refractivity contribution is 7.89. The van der Waals surface area contributed by atoms with E-state index < -0.39 is 16.3 Å². The van der Waals surface area contributed by atoms with Crippen LogP contribution in [0.4, 0.5) is 0 Å². The second kappa shape index (κ2) is 15.6. The second-order valence-electron chi connectivity index (χ2n) is 15.3. The first kappa shape index (κ1) is 36.7. The number of hydrogen-bond acceptors (Lipinski definition) is 7. The fourth-order valence-electron chi connectivity index (χ4n) is 7.92. The molecule has 3 aliphatic rings. The van der Waals surface area contributed by atoms with Gasteiger partial charge in [0.15, 0.2) is 6.29 Å². The van der Waals surface area contributed by atoms with E-state index in [1.54, 1.807) is 30.3 Å². The minimum Gasteiger partial charge on any atom is -0.392 e. The Labute approximate surface area is 297 Å². The van der Waals surface area contributed by atoms with Crippen LogP contribution in [0.3, 0.4) is 0 Å². The topological polar surface area (TPSA) is 117 Å². The summed E-state index contributed by atoms with van der Waals surface area (Å²) in [5.41, 5.74) is 3.18. The molecule has 3 fully saturated rings. The van der Waals surface area contributed by atoms with Crippen molar-refractivity contribution in [2.45, 2.75) is 120 Å². The largest absolute Gasteiger partial charge is 0.392 e. The summed E-state index contributed by atoms with van der Waals surface area (Å²) in [6.07, 6.45) is 5.46. The number of sulfonamides is 1. The molecule has 2 heterocycles. The second-order valence-corrected chi connectivity index (χ2v) is 17.1. The van der Waals surface area contributed by atoms with Crippen LogP contribution in [0.25, 0.3) is 0 Å². The number of carbonyl (C=O) groups excluding carboxylic acids is 1. The Balaban J connectivity index is 1.25. The molecule has 7 atom stereocenters. The molecule has 3 aromatic carbocycles. The number of rotatable bonds is 10. The van der Waals surface area contributed by atoms with Gasteiger partial charge in [0.2, 0.25) is 15.9 Å². The van der Waals surface area contributed by atoms with Gasteiger partial charge in [-0.2, -0.15) is 0 Å². The standard InChI is InChI=1S/C40H53N3O6S/c1-27-36(25-43-34-13-9-8-10-30(34)22-23-35(43)38(45)42-40(2,3)4)48-39(49-37(27)31-18-16-29(26-44)17-19-31)32-20-14-28(15-21-32)24-41-50(46,47)33-11-6-5-7-12-33/h5-7,11-12,14-21,27,30,34-37,39,41,44H,8-10,13,22-26H2,1-4H3,(H,42,45)/t27-,30-,34-,35-,36+,37+,39+/m1/s1. The monoisotopic (exact) mass is 703 g/mol. The first-order chi connectivity index (χ1) is 23.9. The SMILES string of the molecule is C[C@@H]1[C@H](CN2[C@@H](C(=O)NC(C)(C)C)CC[C@H]3CCCC[C@H]32)O[C@H](c2ccc(CNS(=O)(=O)c3ccccc3)cc2)O[C@@H]1c1ccc(CO)cc1. The molecule has 0 spiro atoms. The van der Waals surface area contributed by atoms with Crippen LogP contribution in [0.2, 0.25) is 0 Å². The Morgan fingerprint density at radius 3 is 2.20 bits per heavy atom. The molecule has 1 aliphatic carbocycles. The third-order valence-corrected chi connectivity index (χ3v) is 12.0. The number of nitrogens with zero attached hydrogens (tertiary/aromatic N) is 1. The van der Waals surface area contributed by atoms with E-state index in [2.05, 4.69) is 21.9 Å². The molecule has 10 heteroatoms. The van der Waals surface area contributed by atoms with Crippen LogP contribution < -0.4 is 10.0 Å². The van der Waals surface area contributed by atoms with Gasteiger partial charge >= 0.3 is 0 Å². The van der Waals surface area contributed by atoms with Crippen LogP contribution >= 0.6 is 0 Å². The highest BCUT2D eigenvalue weighted by atomic mass is 32.2. The molecule has 0 aromatic heterocycles. The number of likely N-dealkylation sites (tertiary alicyclic amines) is 1. The van der Waals surface area contributed by atoms with Crippen molar-refractivity contribution in [1.82, 2.24) is 14.9 Å². The number of aliphatic hydroxyl groups is 1. The number of benzene rings is 3. The van der Waals surface area contributed by atoms with Crippen molar-refractivity contribution in [3.8, 4) is 0 Å².